The minimum atomic E-state index is -3.53. The first-order valence-electron chi connectivity index (χ1n) is 7.28. The molecule has 2 rings (SSSR count). The van der Waals surface area contributed by atoms with Crippen molar-refractivity contribution in [1.82, 2.24) is 4.31 Å². The predicted molar refractivity (Wildman–Crippen MR) is 97.1 cm³/mol. The van der Waals surface area contributed by atoms with Gasteiger partial charge in [-0.25, -0.2) is 17.5 Å². The van der Waals surface area contributed by atoms with Crippen LogP contribution in [-0.4, -0.2) is 39.9 Å². The van der Waals surface area contributed by atoms with Crippen LogP contribution in [0.1, 0.15) is 15.9 Å². The van der Waals surface area contributed by atoms with Crippen molar-refractivity contribution >= 4 is 31.9 Å². The number of nitrogens with zero attached hydrogens (tertiary/aromatic N) is 1. The second-order valence-corrected chi connectivity index (χ2v) is 8.41. The monoisotopic (exact) mass is 427 g/mol. The van der Waals surface area contributed by atoms with Crippen LogP contribution in [0.5, 0.6) is 5.75 Å². The van der Waals surface area contributed by atoms with Gasteiger partial charge >= 0.3 is 5.97 Å². The fraction of sp³-hybridized carbons (Fsp3) is 0.235. The molecule has 0 aliphatic carbocycles. The number of halogens is 1. The average Bonchev–Trinajstić information content (AvgIpc) is 2.59. The molecule has 0 atom stereocenters. The summed E-state index contributed by atoms with van der Waals surface area (Å²) in [6.45, 7) is 0.0409. The summed E-state index contributed by atoms with van der Waals surface area (Å²) in [5, 5.41) is 0. The maximum Gasteiger partial charge on any atom is 0.338 e. The number of carbonyl (C=O) groups excluding carboxylic acids is 1. The number of rotatable bonds is 6. The smallest absolute Gasteiger partial charge is 0.338 e. The molecule has 0 spiro atoms. The second-order valence-electron chi connectivity index (χ2n) is 5.34. The number of hydrogen-bond acceptors (Lipinski definition) is 5. The lowest BCUT2D eigenvalue weighted by molar-refractivity contribution is 0.0470. The van der Waals surface area contributed by atoms with Crippen LogP contribution < -0.4 is 4.74 Å². The topological polar surface area (TPSA) is 72.9 Å². The Morgan fingerprint density at radius 2 is 1.76 bits per heavy atom. The summed E-state index contributed by atoms with van der Waals surface area (Å²) in [5.41, 5.74) is 0.990. The molecule has 0 aliphatic rings. The predicted octanol–water partition coefficient (Wildman–Crippen LogP) is 3.07. The zero-order chi connectivity index (χ0) is 18.6. The Morgan fingerprint density at radius 3 is 2.32 bits per heavy atom. The van der Waals surface area contributed by atoms with E-state index in [1.54, 1.807) is 19.2 Å². The number of carbonyl (C=O) groups is 1. The van der Waals surface area contributed by atoms with E-state index in [1.165, 1.54) is 38.4 Å². The minimum absolute atomic E-state index is 0.0409. The molecule has 0 N–H and O–H groups in total. The van der Waals surface area contributed by atoms with Crippen LogP contribution in [-0.2, 0) is 21.4 Å². The van der Waals surface area contributed by atoms with Crippen molar-refractivity contribution in [2.45, 2.75) is 11.5 Å². The first-order chi connectivity index (χ1) is 11.8. The van der Waals surface area contributed by atoms with Crippen molar-refractivity contribution in [2.75, 3.05) is 21.2 Å². The van der Waals surface area contributed by atoms with Gasteiger partial charge in [0.05, 0.1) is 17.6 Å². The van der Waals surface area contributed by atoms with Crippen LogP contribution >= 0.6 is 15.9 Å². The van der Waals surface area contributed by atoms with Crippen LogP contribution in [0.15, 0.2) is 51.8 Å². The zero-order valence-electron chi connectivity index (χ0n) is 14.0. The zero-order valence-corrected chi connectivity index (χ0v) is 16.4. The van der Waals surface area contributed by atoms with E-state index in [0.717, 1.165) is 14.3 Å². The molecule has 0 amide bonds. The molecule has 0 unspecified atom stereocenters. The molecule has 0 fully saturated rings. The van der Waals surface area contributed by atoms with Crippen molar-refractivity contribution < 1.29 is 22.7 Å². The molecule has 0 saturated heterocycles. The third-order valence-corrected chi connectivity index (χ3v) is 5.79. The first-order valence-corrected chi connectivity index (χ1v) is 9.51. The van der Waals surface area contributed by atoms with Gasteiger partial charge in [-0.05, 0) is 42.5 Å². The van der Waals surface area contributed by atoms with Crippen LogP contribution in [0, 0.1) is 0 Å². The fourth-order valence-electron chi connectivity index (χ4n) is 2.06. The number of methoxy groups -OCH3 is 1. The van der Waals surface area contributed by atoms with E-state index in [1.807, 2.05) is 6.07 Å². The van der Waals surface area contributed by atoms with E-state index in [0.29, 0.717) is 5.75 Å². The molecule has 0 aromatic heterocycles. The molecule has 2 aromatic rings. The summed E-state index contributed by atoms with van der Waals surface area (Å²) < 4.78 is 36.5. The fourth-order valence-corrected chi connectivity index (χ4v) is 3.37. The van der Waals surface area contributed by atoms with Crippen LogP contribution in [0.4, 0.5) is 0 Å². The van der Waals surface area contributed by atoms with Crippen LogP contribution in [0.2, 0.25) is 0 Å². The van der Waals surface area contributed by atoms with Crippen LogP contribution in [0.25, 0.3) is 0 Å². The normalized spacial score (nSPS) is 11.4. The van der Waals surface area contributed by atoms with Gasteiger partial charge < -0.3 is 9.47 Å². The van der Waals surface area contributed by atoms with Gasteiger partial charge in [-0.2, -0.15) is 0 Å². The van der Waals surface area contributed by atoms with Crippen molar-refractivity contribution in [1.29, 1.82) is 0 Å². The minimum Gasteiger partial charge on any atom is -0.496 e. The maximum absolute atomic E-state index is 12.2. The van der Waals surface area contributed by atoms with Gasteiger partial charge in [-0.15, -0.1) is 0 Å². The van der Waals surface area contributed by atoms with Gasteiger partial charge in [0.15, 0.2) is 0 Å². The molecular formula is C17H18BrNO5S. The van der Waals surface area contributed by atoms with Gasteiger partial charge in [0.2, 0.25) is 10.0 Å². The molecule has 8 heteroatoms. The molecule has 0 heterocycles. The lowest BCUT2D eigenvalue weighted by Crippen LogP contribution is -2.22. The third kappa shape index (κ3) is 4.59. The summed E-state index contributed by atoms with van der Waals surface area (Å²) in [4.78, 5) is 12.3. The molecule has 2 aromatic carbocycles. The maximum atomic E-state index is 12.2. The quantitative estimate of drug-likeness (QED) is 0.662. The number of sulfonamides is 1. The first kappa shape index (κ1) is 19.4. The van der Waals surface area contributed by atoms with E-state index < -0.39 is 16.0 Å². The van der Waals surface area contributed by atoms with E-state index in [9.17, 15) is 13.2 Å². The molecule has 6 nitrogen and oxygen atoms in total. The lowest BCUT2D eigenvalue weighted by Gasteiger charge is -2.12. The Labute approximate surface area is 155 Å². The summed E-state index contributed by atoms with van der Waals surface area (Å²) in [6.07, 6.45) is 0. The Bertz CT molecular complexity index is 863. The highest BCUT2D eigenvalue weighted by molar-refractivity contribution is 9.10. The van der Waals surface area contributed by atoms with Crippen molar-refractivity contribution in [3.8, 4) is 5.75 Å². The van der Waals surface area contributed by atoms with Crippen molar-refractivity contribution in [3.63, 3.8) is 0 Å². The summed E-state index contributed by atoms with van der Waals surface area (Å²) in [6, 6.07) is 11.0. The van der Waals surface area contributed by atoms with Crippen molar-refractivity contribution in [3.05, 3.63) is 58.1 Å². The van der Waals surface area contributed by atoms with Gasteiger partial charge in [-0.1, -0.05) is 15.9 Å². The Balaban J connectivity index is 2.11. The molecule has 0 radical (unpaired) electrons. The Kier molecular flexibility index (Phi) is 6.21. The highest BCUT2D eigenvalue weighted by Gasteiger charge is 2.18. The second kappa shape index (κ2) is 7.99. The SMILES string of the molecule is COc1ccc(Br)cc1COC(=O)c1ccc(S(=O)(=O)N(C)C)cc1. The number of ether oxygens (including phenoxy) is 2. The average molecular weight is 428 g/mol. The van der Waals surface area contributed by atoms with E-state index >= 15 is 0 Å². The standard InChI is InChI=1S/C17H18BrNO5S/c1-19(2)25(21,22)15-7-4-12(5-8-15)17(20)24-11-13-10-14(18)6-9-16(13)23-3/h4-10H,11H2,1-3H3. The number of esters is 1. The number of hydrogen-bond donors (Lipinski definition) is 0. The molecule has 0 bridgehead atoms. The molecule has 134 valence electrons. The summed E-state index contributed by atoms with van der Waals surface area (Å²) >= 11 is 3.36. The van der Waals surface area contributed by atoms with Gasteiger partial charge in [0.1, 0.15) is 12.4 Å². The highest BCUT2D eigenvalue weighted by Crippen LogP contribution is 2.24. The Morgan fingerprint density at radius 1 is 1.12 bits per heavy atom. The molecular weight excluding hydrogens is 410 g/mol. The molecule has 0 saturated carbocycles. The van der Waals surface area contributed by atoms with E-state index in [2.05, 4.69) is 15.9 Å². The van der Waals surface area contributed by atoms with Gasteiger partial charge in [0.25, 0.3) is 0 Å². The molecule has 25 heavy (non-hydrogen) atoms. The van der Waals surface area contributed by atoms with Crippen LogP contribution in [0.3, 0.4) is 0 Å². The van der Waals surface area contributed by atoms with Gasteiger partial charge in [-0.3, -0.25) is 0 Å². The number of benzene rings is 2. The Hall–Kier alpha value is -1.90. The summed E-state index contributed by atoms with van der Waals surface area (Å²) in [7, 11) is 0.906. The van der Waals surface area contributed by atoms with E-state index in [-0.39, 0.29) is 17.1 Å². The highest BCUT2D eigenvalue weighted by atomic mass is 79.9. The van der Waals surface area contributed by atoms with Gasteiger partial charge in [0, 0.05) is 24.1 Å². The largest absolute Gasteiger partial charge is 0.496 e. The summed E-state index contributed by atoms with van der Waals surface area (Å²) in [5.74, 6) is 0.0688. The van der Waals surface area contributed by atoms with E-state index in [4.69, 9.17) is 9.47 Å². The third-order valence-electron chi connectivity index (χ3n) is 3.47. The molecule has 0 aliphatic heterocycles. The van der Waals surface area contributed by atoms with Crippen molar-refractivity contribution in [2.24, 2.45) is 0 Å². The lowest BCUT2D eigenvalue weighted by atomic mass is 10.2.